The molecule has 4 N–H and O–H groups in total. The Kier molecular flexibility index (Phi) is 25.7. The van der Waals surface area contributed by atoms with Gasteiger partial charge in [-0.25, -0.2) is 4.79 Å². The minimum atomic E-state index is -1.16. The summed E-state index contributed by atoms with van der Waals surface area (Å²) in [5.74, 6) is -0.0846. The molecule has 1 aliphatic carbocycles. The summed E-state index contributed by atoms with van der Waals surface area (Å²) >= 11 is 0. The first kappa shape index (κ1) is 70.4. The lowest BCUT2D eigenvalue weighted by Crippen LogP contribution is -2.65. The minimum Gasteiger partial charge on any atom is -0.425 e. The van der Waals surface area contributed by atoms with E-state index < -0.39 is 59.4 Å². The van der Waals surface area contributed by atoms with E-state index in [0.717, 1.165) is 34.6 Å². The smallest absolute Gasteiger partial charge is 0.347 e. The average Bonchev–Trinajstić information content (AvgIpc) is 1.47. The highest BCUT2D eigenvalue weighted by Crippen LogP contribution is 2.55. The third-order valence-electron chi connectivity index (χ3n) is 17.7. The fourth-order valence-electron chi connectivity index (χ4n) is 11.9. The molecule has 4 aliphatic heterocycles. The number of rotatable bonds is 39. The number of piperidine rings is 1. The molecule has 5 aliphatic rings. The van der Waals surface area contributed by atoms with Crippen molar-refractivity contribution in [2.75, 3.05) is 70.7 Å². The molecule has 11 unspecified atom stereocenters. The zero-order valence-electron chi connectivity index (χ0n) is 54.3. The fourth-order valence-corrected chi connectivity index (χ4v) is 13.8. The van der Waals surface area contributed by atoms with Gasteiger partial charge in [0.1, 0.15) is 53.8 Å². The van der Waals surface area contributed by atoms with E-state index >= 15 is 0 Å². The number of amides is 2. The van der Waals surface area contributed by atoms with E-state index in [4.69, 9.17) is 47.4 Å². The van der Waals surface area contributed by atoms with Gasteiger partial charge in [-0.1, -0.05) is 187 Å². The number of carbonyl (C=O) groups is 4. The number of hydrogen-bond acceptors (Lipinski definition) is 20. The molecular formula is C74H87N5O15S2. The number of carbonyl (C=O) groups excluding carboxylic acids is 4. The highest BCUT2D eigenvalue weighted by Gasteiger charge is 2.62. The number of aliphatic hydroxyl groups excluding tert-OH is 1. The number of nitrogens with zero attached hydrogens (tertiary/aromatic N) is 2. The molecule has 4 heterocycles. The van der Waals surface area contributed by atoms with Crippen molar-refractivity contribution in [3.63, 3.8) is 0 Å². The number of nitrogens with one attached hydrogen (secondary N) is 3. The first-order chi connectivity index (χ1) is 46.9. The van der Waals surface area contributed by atoms with Crippen LogP contribution in [0.2, 0.25) is 0 Å². The van der Waals surface area contributed by atoms with Crippen LogP contribution in [0.4, 0.5) is 0 Å². The topological polar surface area (TPSA) is 239 Å². The molecule has 11 rings (SSSR count). The molecule has 20 nitrogen and oxygen atoms in total. The van der Waals surface area contributed by atoms with Crippen LogP contribution in [0.1, 0.15) is 83.8 Å². The summed E-state index contributed by atoms with van der Waals surface area (Å²) < 4.78 is 63.3. The van der Waals surface area contributed by atoms with Crippen LogP contribution in [0.3, 0.4) is 0 Å². The van der Waals surface area contributed by atoms with Crippen LogP contribution < -0.4 is 25.4 Å². The van der Waals surface area contributed by atoms with Crippen LogP contribution in [0, 0.1) is 10.8 Å². The predicted molar refractivity (Wildman–Crippen MR) is 365 cm³/mol. The first-order valence-corrected chi connectivity index (χ1v) is 35.6. The van der Waals surface area contributed by atoms with Gasteiger partial charge in [0.05, 0.1) is 76.5 Å². The molecule has 0 aromatic heterocycles. The Bertz CT molecular complexity index is 3470. The van der Waals surface area contributed by atoms with Gasteiger partial charge < -0.3 is 63.1 Å². The molecule has 22 heteroatoms. The Labute approximate surface area is 569 Å². The van der Waals surface area contributed by atoms with E-state index in [0.29, 0.717) is 96.5 Å². The first-order valence-electron chi connectivity index (χ1n) is 33.1. The number of esters is 2. The number of para-hydroxylation sites is 2. The number of benzene rings is 6. The minimum absolute atomic E-state index is 0.0369. The molecule has 0 radical (unpaired) electrons. The number of ether oxygens (including phenoxy) is 10. The Morgan fingerprint density at radius 3 is 1.97 bits per heavy atom. The van der Waals surface area contributed by atoms with Gasteiger partial charge in [-0.15, -0.1) is 0 Å². The van der Waals surface area contributed by atoms with Crippen molar-refractivity contribution in [2.24, 2.45) is 15.8 Å². The van der Waals surface area contributed by atoms with Crippen LogP contribution in [0.15, 0.2) is 175 Å². The molecule has 6 aromatic carbocycles. The summed E-state index contributed by atoms with van der Waals surface area (Å²) in [6, 6.07) is 53.8. The molecule has 11 atom stereocenters. The molecule has 1 saturated carbocycles. The summed E-state index contributed by atoms with van der Waals surface area (Å²) in [6.45, 7) is 8.40. The van der Waals surface area contributed by atoms with Crippen molar-refractivity contribution >= 4 is 51.6 Å². The van der Waals surface area contributed by atoms with Crippen LogP contribution in [-0.4, -0.2) is 166 Å². The van der Waals surface area contributed by atoms with Crippen molar-refractivity contribution in [3.8, 4) is 11.5 Å². The van der Waals surface area contributed by atoms with Gasteiger partial charge in [-0.2, -0.15) is 0 Å². The van der Waals surface area contributed by atoms with E-state index in [9.17, 15) is 24.3 Å². The standard InChI is InChI=1S/C74H87N5O15S2/c1-73(2,50-80)67(94-71-64(93-71)55-28-15-17-30-58(55)91-70(83)56-29-16-18-31-59(56)92-72(84)74-33-19-34-75-62(74)42-74)68(82)77-35-32-63(81)76-36-40-95-96-41-37-78-69-61(90-69)49-85-39-38-79-43-60(87-45-52-22-9-4-10-23-52)66(89-47-54-26-13-6-14-27-54)65(88-46-53-24-11-5-12-25-53)57(79)48-86-44-51-20-7-3-8-21-51/h3-18,20-31,34,57,60-62,64-67,69,71,78,80H,19,32-33,35-50H2,1-2H3,(H,76,81)(H,77,82). The third-order valence-corrected chi connectivity index (χ3v) is 20.1. The van der Waals surface area contributed by atoms with Crippen molar-refractivity contribution in [3.05, 3.63) is 203 Å². The quantitative estimate of drug-likeness (QED) is 0.00924. The zero-order valence-corrected chi connectivity index (χ0v) is 56.0. The molecular weight excluding hydrogens is 1260 g/mol. The van der Waals surface area contributed by atoms with E-state index in [1.54, 1.807) is 77.9 Å². The maximum atomic E-state index is 13.7. The summed E-state index contributed by atoms with van der Waals surface area (Å²) in [7, 11) is 3.36. The summed E-state index contributed by atoms with van der Waals surface area (Å²) in [5.41, 5.74) is 3.18. The summed E-state index contributed by atoms with van der Waals surface area (Å²) in [6.07, 6.45) is -0.246. The highest BCUT2D eigenvalue weighted by atomic mass is 33.1. The lowest BCUT2D eigenvalue weighted by molar-refractivity contribution is -0.211. The Morgan fingerprint density at radius 1 is 0.677 bits per heavy atom. The second-order valence-corrected chi connectivity index (χ2v) is 27.9. The SMILES string of the molecule is CC(C)(CO)C(OC1OC1c1ccccc1OC(=O)c1ccccc1OC(=O)C12CCC=NC1C2)C(=O)NCCC(=O)NCCSSCCNC1OC1COCCN1CC(OCc2ccccc2)C(OCc2ccccc2)C(OCc2ccccc2)C1COCc1ccccc1. The second-order valence-electron chi connectivity index (χ2n) is 25.2. The van der Waals surface area contributed by atoms with Crippen LogP contribution in [0.25, 0.3) is 0 Å². The van der Waals surface area contributed by atoms with E-state index in [2.05, 4.69) is 74.4 Å². The lowest BCUT2D eigenvalue weighted by atomic mass is 9.86. The van der Waals surface area contributed by atoms with Crippen molar-refractivity contribution in [1.29, 1.82) is 0 Å². The Morgan fingerprint density at radius 2 is 1.29 bits per heavy atom. The van der Waals surface area contributed by atoms with Crippen molar-refractivity contribution in [2.45, 2.75) is 127 Å². The van der Waals surface area contributed by atoms with Crippen LogP contribution in [0.5, 0.6) is 11.5 Å². The van der Waals surface area contributed by atoms with Crippen molar-refractivity contribution < 1.29 is 71.7 Å². The van der Waals surface area contributed by atoms with E-state index in [1.807, 2.05) is 79.0 Å². The van der Waals surface area contributed by atoms with E-state index in [-0.39, 0.29) is 73.1 Å². The van der Waals surface area contributed by atoms with Gasteiger partial charge in [0.2, 0.25) is 11.8 Å². The van der Waals surface area contributed by atoms with Gasteiger partial charge in [-0.05, 0) is 65.9 Å². The maximum absolute atomic E-state index is 13.7. The number of aliphatic imine (C=N–C) groups is 1. The molecule has 3 saturated heterocycles. The third kappa shape index (κ3) is 19.9. The van der Waals surface area contributed by atoms with Gasteiger partial charge >= 0.3 is 11.9 Å². The summed E-state index contributed by atoms with van der Waals surface area (Å²) in [4.78, 5) is 60.2. The van der Waals surface area contributed by atoms with Crippen LogP contribution >= 0.6 is 21.6 Å². The average molecular weight is 1350 g/mol. The lowest BCUT2D eigenvalue weighted by Gasteiger charge is -2.48. The molecule has 510 valence electrons. The molecule has 4 fully saturated rings. The van der Waals surface area contributed by atoms with E-state index in [1.165, 1.54) is 6.07 Å². The monoisotopic (exact) mass is 1350 g/mol. The molecule has 6 aromatic rings. The zero-order chi connectivity index (χ0) is 66.5. The number of aliphatic hydroxyl groups is 1. The van der Waals surface area contributed by atoms with Crippen molar-refractivity contribution in [1.82, 2.24) is 20.9 Å². The highest BCUT2D eigenvalue weighted by molar-refractivity contribution is 8.76. The van der Waals surface area contributed by atoms with Gasteiger partial charge in [-0.3, -0.25) is 29.6 Å². The molecule has 96 heavy (non-hydrogen) atoms. The normalized spacial score (nSPS) is 23.7. The molecule has 0 spiro atoms. The fraction of sp³-hybridized carbons (Fsp3) is 0.446. The van der Waals surface area contributed by atoms with Gasteiger partial charge in [0.25, 0.3) is 0 Å². The number of epoxide rings is 2. The summed E-state index contributed by atoms with van der Waals surface area (Å²) in [5, 5.41) is 19.5. The predicted octanol–water partition coefficient (Wildman–Crippen LogP) is 9.23. The molecule has 2 amide bonds. The number of hydrogen-bond donors (Lipinski definition) is 4. The Balaban J connectivity index is 0.581. The second kappa shape index (κ2) is 35.1. The molecule has 0 bridgehead atoms. The largest absolute Gasteiger partial charge is 0.425 e. The van der Waals surface area contributed by atoms with Crippen LogP contribution in [-0.2, 0) is 78.7 Å². The Hall–Kier alpha value is -6.87. The van der Waals surface area contributed by atoms with Gasteiger partial charge in [0, 0.05) is 61.6 Å². The number of likely N-dealkylation sites (tertiary alicyclic amines) is 1. The number of fused-ring (bicyclic) bond motifs is 1. The maximum Gasteiger partial charge on any atom is 0.347 e. The van der Waals surface area contributed by atoms with Gasteiger partial charge in [0.15, 0.2) is 6.29 Å².